The van der Waals surface area contributed by atoms with Gasteiger partial charge in [0.25, 0.3) is 0 Å². The number of halogens is 3. The van der Waals surface area contributed by atoms with E-state index in [1.165, 1.54) is 12.1 Å². The van der Waals surface area contributed by atoms with Gasteiger partial charge in [0, 0.05) is 19.6 Å². The van der Waals surface area contributed by atoms with E-state index in [1.807, 2.05) is 13.8 Å². The molecule has 1 rings (SSSR count). The first kappa shape index (κ1) is 20.8. The minimum atomic E-state index is -4.32. The Kier molecular flexibility index (Phi) is 8.80. The first-order valence-corrected chi connectivity index (χ1v) is 8.31. The summed E-state index contributed by atoms with van der Waals surface area (Å²) in [6.45, 7) is 5.65. The van der Waals surface area contributed by atoms with Crippen molar-refractivity contribution in [2.75, 3.05) is 26.2 Å². The molecule has 3 N–H and O–H groups in total. The number of nitrogens with one attached hydrogen (secondary N) is 3. The third kappa shape index (κ3) is 8.42. The SMILES string of the molecule is CCCNC(=O)CN=C(NCC)NCCc1ccc(C(F)(F)F)cc1. The first-order valence-electron chi connectivity index (χ1n) is 8.31. The number of amides is 1. The fourth-order valence-electron chi connectivity index (χ4n) is 2.00. The number of nitrogens with zero attached hydrogens (tertiary/aromatic N) is 1. The molecule has 1 aromatic rings. The van der Waals surface area contributed by atoms with Crippen molar-refractivity contribution < 1.29 is 18.0 Å². The smallest absolute Gasteiger partial charge is 0.357 e. The summed E-state index contributed by atoms with van der Waals surface area (Å²) in [7, 11) is 0. The maximum atomic E-state index is 12.5. The van der Waals surface area contributed by atoms with Gasteiger partial charge in [0.05, 0.1) is 5.56 Å². The molecule has 0 saturated heterocycles. The maximum absolute atomic E-state index is 12.5. The first-order chi connectivity index (χ1) is 11.9. The van der Waals surface area contributed by atoms with Crippen LogP contribution in [0.4, 0.5) is 13.2 Å². The number of hydrogen-bond acceptors (Lipinski definition) is 2. The van der Waals surface area contributed by atoms with E-state index in [-0.39, 0.29) is 12.5 Å². The van der Waals surface area contributed by atoms with Gasteiger partial charge < -0.3 is 16.0 Å². The van der Waals surface area contributed by atoms with Gasteiger partial charge >= 0.3 is 6.18 Å². The third-order valence-electron chi connectivity index (χ3n) is 3.28. The fraction of sp³-hybridized carbons (Fsp3) is 0.529. The Balaban J connectivity index is 2.48. The lowest BCUT2D eigenvalue weighted by atomic mass is 10.1. The molecule has 1 aromatic carbocycles. The summed E-state index contributed by atoms with van der Waals surface area (Å²) in [6.07, 6.45) is -2.91. The molecule has 0 saturated carbocycles. The summed E-state index contributed by atoms with van der Waals surface area (Å²) in [5.74, 6) is 0.350. The highest BCUT2D eigenvalue weighted by molar-refractivity contribution is 5.84. The van der Waals surface area contributed by atoms with Gasteiger partial charge in [-0.3, -0.25) is 4.79 Å². The molecule has 0 unspecified atom stereocenters. The topological polar surface area (TPSA) is 65.5 Å². The van der Waals surface area contributed by atoms with Gasteiger partial charge in [-0.1, -0.05) is 19.1 Å². The summed E-state index contributed by atoms with van der Waals surface area (Å²) < 4.78 is 37.6. The van der Waals surface area contributed by atoms with Gasteiger partial charge in [0.15, 0.2) is 5.96 Å². The number of rotatable bonds is 8. The lowest BCUT2D eigenvalue weighted by Gasteiger charge is -2.12. The molecule has 0 aliphatic carbocycles. The second-order valence-electron chi connectivity index (χ2n) is 5.42. The Morgan fingerprint density at radius 3 is 2.28 bits per heavy atom. The summed E-state index contributed by atoms with van der Waals surface area (Å²) >= 11 is 0. The van der Waals surface area contributed by atoms with Crippen molar-refractivity contribution in [1.82, 2.24) is 16.0 Å². The van der Waals surface area contributed by atoms with E-state index in [0.29, 0.717) is 32.0 Å². The highest BCUT2D eigenvalue weighted by Crippen LogP contribution is 2.29. The van der Waals surface area contributed by atoms with Crippen LogP contribution >= 0.6 is 0 Å². The van der Waals surface area contributed by atoms with Gasteiger partial charge in [-0.05, 0) is 37.5 Å². The molecule has 0 fully saturated rings. The minimum Gasteiger partial charge on any atom is -0.357 e. The standard InChI is InChI=1S/C17H25F3N4O/c1-3-10-22-15(25)12-24-16(21-4-2)23-11-9-13-5-7-14(8-6-13)17(18,19)20/h5-8H,3-4,9-12H2,1-2H3,(H,22,25)(H2,21,23,24). The molecule has 1 amide bonds. The van der Waals surface area contributed by atoms with E-state index in [4.69, 9.17) is 0 Å². The zero-order valence-corrected chi connectivity index (χ0v) is 14.5. The average Bonchev–Trinajstić information content (AvgIpc) is 2.57. The summed E-state index contributed by atoms with van der Waals surface area (Å²) in [5.41, 5.74) is 0.134. The van der Waals surface area contributed by atoms with Crippen LogP contribution in [0, 0.1) is 0 Å². The molecule has 0 bridgehead atoms. The maximum Gasteiger partial charge on any atom is 0.416 e. The number of guanidine groups is 1. The van der Waals surface area contributed by atoms with Gasteiger partial charge in [0.1, 0.15) is 6.54 Å². The summed E-state index contributed by atoms with van der Waals surface area (Å²) in [4.78, 5) is 15.7. The van der Waals surface area contributed by atoms with E-state index in [9.17, 15) is 18.0 Å². The zero-order valence-electron chi connectivity index (χ0n) is 14.5. The molecule has 0 aliphatic heterocycles. The Morgan fingerprint density at radius 1 is 1.04 bits per heavy atom. The van der Waals surface area contributed by atoms with Crippen LogP contribution in [0.25, 0.3) is 0 Å². The van der Waals surface area contributed by atoms with Crippen LogP contribution in [0.5, 0.6) is 0 Å². The van der Waals surface area contributed by atoms with Gasteiger partial charge in [-0.2, -0.15) is 13.2 Å². The second-order valence-corrected chi connectivity index (χ2v) is 5.42. The second kappa shape index (κ2) is 10.6. The molecule has 8 heteroatoms. The lowest BCUT2D eigenvalue weighted by molar-refractivity contribution is -0.137. The Morgan fingerprint density at radius 2 is 1.72 bits per heavy atom. The summed E-state index contributed by atoms with van der Waals surface area (Å²) in [5, 5.41) is 8.82. The van der Waals surface area contributed by atoms with E-state index >= 15 is 0 Å². The van der Waals surface area contributed by atoms with Crippen molar-refractivity contribution in [1.29, 1.82) is 0 Å². The van der Waals surface area contributed by atoms with Crippen molar-refractivity contribution in [2.24, 2.45) is 4.99 Å². The molecule has 25 heavy (non-hydrogen) atoms. The van der Waals surface area contributed by atoms with Gasteiger partial charge in [-0.15, -0.1) is 0 Å². The van der Waals surface area contributed by atoms with Crippen LogP contribution in [0.1, 0.15) is 31.4 Å². The molecule has 5 nitrogen and oxygen atoms in total. The average molecular weight is 358 g/mol. The number of benzene rings is 1. The van der Waals surface area contributed by atoms with Gasteiger partial charge in [0.2, 0.25) is 5.91 Å². The van der Waals surface area contributed by atoms with Crippen molar-refractivity contribution in [3.63, 3.8) is 0 Å². The normalized spacial score (nSPS) is 12.0. The molecule has 0 radical (unpaired) electrons. The van der Waals surface area contributed by atoms with E-state index < -0.39 is 11.7 Å². The minimum absolute atomic E-state index is 0.0234. The Bertz CT molecular complexity index is 556. The highest BCUT2D eigenvalue weighted by atomic mass is 19.4. The monoisotopic (exact) mass is 358 g/mol. The van der Waals surface area contributed by atoms with E-state index in [2.05, 4.69) is 20.9 Å². The van der Waals surface area contributed by atoms with Crippen molar-refractivity contribution in [3.8, 4) is 0 Å². The van der Waals surface area contributed by atoms with E-state index in [1.54, 1.807) is 0 Å². The molecule has 0 aliphatic rings. The predicted octanol–water partition coefficient (Wildman–Crippen LogP) is 2.33. The molecule has 0 heterocycles. The van der Waals surface area contributed by atoms with Crippen LogP contribution in [0.3, 0.4) is 0 Å². The number of aliphatic imine (C=N–C) groups is 1. The van der Waals surface area contributed by atoms with Crippen LogP contribution in [-0.4, -0.2) is 38.0 Å². The van der Waals surface area contributed by atoms with Crippen molar-refractivity contribution in [3.05, 3.63) is 35.4 Å². The van der Waals surface area contributed by atoms with Crippen LogP contribution in [0.2, 0.25) is 0 Å². The van der Waals surface area contributed by atoms with Gasteiger partial charge in [-0.25, -0.2) is 4.99 Å². The predicted molar refractivity (Wildman–Crippen MR) is 92.4 cm³/mol. The zero-order chi connectivity index (χ0) is 18.7. The molecular weight excluding hydrogens is 333 g/mol. The number of alkyl halides is 3. The van der Waals surface area contributed by atoms with Crippen molar-refractivity contribution in [2.45, 2.75) is 32.9 Å². The molecular formula is C17H25F3N4O. The summed E-state index contributed by atoms with van der Waals surface area (Å²) in [6, 6.07) is 5.08. The lowest BCUT2D eigenvalue weighted by Crippen LogP contribution is -2.39. The van der Waals surface area contributed by atoms with Crippen molar-refractivity contribution >= 4 is 11.9 Å². The van der Waals surface area contributed by atoms with Crippen LogP contribution in [-0.2, 0) is 17.4 Å². The fourth-order valence-corrected chi connectivity index (χ4v) is 2.00. The largest absolute Gasteiger partial charge is 0.416 e. The molecule has 140 valence electrons. The quantitative estimate of drug-likeness (QED) is 0.494. The van der Waals surface area contributed by atoms with Crippen LogP contribution in [0.15, 0.2) is 29.3 Å². The number of carbonyl (C=O) groups is 1. The van der Waals surface area contributed by atoms with E-state index in [0.717, 1.165) is 24.1 Å². The third-order valence-corrected chi connectivity index (χ3v) is 3.28. The molecule has 0 aromatic heterocycles. The Labute approximate surface area is 146 Å². The molecule has 0 atom stereocenters. The number of carbonyl (C=O) groups excluding carboxylic acids is 1. The number of hydrogen-bond donors (Lipinski definition) is 3. The van der Waals surface area contributed by atoms with Crippen LogP contribution < -0.4 is 16.0 Å². The Hall–Kier alpha value is -2.25. The highest BCUT2D eigenvalue weighted by Gasteiger charge is 2.29. The molecule has 0 spiro atoms.